The first-order chi connectivity index (χ1) is 11.7. The molecule has 0 N–H and O–H groups in total. The van der Waals surface area contributed by atoms with Gasteiger partial charge in [0.1, 0.15) is 11.5 Å². The molecule has 0 unspecified atom stereocenters. The van der Waals surface area contributed by atoms with E-state index < -0.39 is 0 Å². The van der Waals surface area contributed by atoms with Gasteiger partial charge in [-0.1, -0.05) is 31.4 Å². The van der Waals surface area contributed by atoms with Crippen LogP contribution in [0.4, 0.5) is 0 Å². The maximum Gasteiger partial charge on any atom is 0.343 e. The van der Waals surface area contributed by atoms with Crippen molar-refractivity contribution in [3.05, 3.63) is 59.2 Å². The maximum absolute atomic E-state index is 12.3. The molecular formula is C21H24O3. The fraction of sp³-hybridized carbons (Fsp3) is 0.381. The molecule has 0 atom stereocenters. The standard InChI is InChI=1S/C21H24O3/c1-15-14-18(16-6-4-3-5-7-16)10-13-20(15)24-21(22)17-8-11-19(23-2)12-9-17/h8-14,16H,3-7H2,1-2H3. The molecule has 3 rings (SSSR count). The molecule has 0 radical (unpaired) electrons. The molecule has 0 aliphatic heterocycles. The zero-order chi connectivity index (χ0) is 16.9. The number of benzene rings is 2. The monoisotopic (exact) mass is 324 g/mol. The van der Waals surface area contributed by atoms with E-state index in [-0.39, 0.29) is 5.97 Å². The first-order valence-electron chi connectivity index (χ1n) is 8.64. The third-order valence-corrected chi connectivity index (χ3v) is 4.80. The van der Waals surface area contributed by atoms with E-state index in [9.17, 15) is 4.79 Å². The molecule has 1 aliphatic carbocycles. The van der Waals surface area contributed by atoms with Gasteiger partial charge in [0, 0.05) is 0 Å². The van der Waals surface area contributed by atoms with Gasteiger partial charge >= 0.3 is 5.97 Å². The summed E-state index contributed by atoms with van der Waals surface area (Å²) in [6.07, 6.45) is 6.53. The number of ether oxygens (including phenoxy) is 2. The molecule has 1 saturated carbocycles. The number of esters is 1. The zero-order valence-corrected chi connectivity index (χ0v) is 14.4. The summed E-state index contributed by atoms with van der Waals surface area (Å²) in [6.45, 7) is 2.00. The minimum atomic E-state index is -0.342. The SMILES string of the molecule is COc1ccc(C(=O)Oc2ccc(C3CCCCC3)cc2C)cc1. The molecule has 0 spiro atoms. The molecular weight excluding hydrogens is 300 g/mol. The third kappa shape index (κ3) is 3.78. The lowest BCUT2D eigenvalue weighted by Gasteiger charge is -2.22. The van der Waals surface area contributed by atoms with Crippen LogP contribution in [0.5, 0.6) is 11.5 Å². The van der Waals surface area contributed by atoms with Crippen molar-refractivity contribution in [3.63, 3.8) is 0 Å². The van der Waals surface area contributed by atoms with Crippen molar-refractivity contribution in [2.24, 2.45) is 0 Å². The Kier molecular flexibility index (Phi) is 5.19. The lowest BCUT2D eigenvalue weighted by atomic mass is 9.83. The molecule has 0 heterocycles. The van der Waals surface area contributed by atoms with Crippen molar-refractivity contribution < 1.29 is 14.3 Å². The Hall–Kier alpha value is -2.29. The number of hydrogen-bond acceptors (Lipinski definition) is 3. The molecule has 0 amide bonds. The van der Waals surface area contributed by atoms with Crippen LogP contribution in [-0.2, 0) is 0 Å². The Labute approximate surface area is 143 Å². The topological polar surface area (TPSA) is 35.5 Å². The number of carbonyl (C=O) groups is 1. The average Bonchev–Trinajstić information content (AvgIpc) is 2.64. The number of carbonyl (C=O) groups excluding carboxylic acids is 1. The summed E-state index contributed by atoms with van der Waals surface area (Å²) >= 11 is 0. The van der Waals surface area contributed by atoms with Crippen molar-refractivity contribution >= 4 is 5.97 Å². The van der Waals surface area contributed by atoms with Crippen LogP contribution in [0.15, 0.2) is 42.5 Å². The van der Waals surface area contributed by atoms with Crippen LogP contribution in [0, 0.1) is 6.92 Å². The van der Waals surface area contributed by atoms with Gasteiger partial charge in [0.2, 0.25) is 0 Å². The third-order valence-electron chi connectivity index (χ3n) is 4.80. The summed E-state index contributed by atoms with van der Waals surface area (Å²) in [7, 11) is 1.60. The van der Waals surface area contributed by atoms with E-state index in [0.717, 1.165) is 11.3 Å². The molecule has 2 aromatic carbocycles. The van der Waals surface area contributed by atoms with Crippen molar-refractivity contribution in [2.45, 2.75) is 44.9 Å². The van der Waals surface area contributed by atoms with Gasteiger partial charge in [0.05, 0.1) is 12.7 Å². The first kappa shape index (κ1) is 16.6. The Morgan fingerprint density at radius 3 is 2.33 bits per heavy atom. The maximum atomic E-state index is 12.3. The molecule has 3 heteroatoms. The predicted octanol–water partition coefficient (Wildman–Crippen LogP) is 5.27. The Morgan fingerprint density at radius 2 is 1.71 bits per heavy atom. The smallest absolute Gasteiger partial charge is 0.343 e. The number of methoxy groups -OCH3 is 1. The van der Waals surface area contributed by atoms with Gasteiger partial charge in [-0.25, -0.2) is 4.79 Å². The molecule has 0 saturated heterocycles. The van der Waals surface area contributed by atoms with E-state index in [2.05, 4.69) is 12.1 Å². The van der Waals surface area contributed by atoms with Gasteiger partial charge in [0.25, 0.3) is 0 Å². The molecule has 3 nitrogen and oxygen atoms in total. The van der Waals surface area contributed by atoms with Gasteiger partial charge in [-0.15, -0.1) is 0 Å². The largest absolute Gasteiger partial charge is 0.497 e. The Balaban J connectivity index is 1.71. The van der Waals surface area contributed by atoms with Gasteiger partial charge in [-0.2, -0.15) is 0 Å². The summed E-state index contributed by atoms with van der Waals surface area (Å²) in [6, 6.07) is 13.2. The number of aryl methyl sites for hydroxylation is 1. The van der Waals surface area contributed by atoms with Crippen LogP contribution < -0.4 is 9.47 Å². The lowest BCUT2D eigenvalue weighted by molar-refractivity contribution is 0.0733. The van der Waals surface area contributed by atoms with Gasteiger partial charge in [-0.3, -0.25) is 0 Å². The van der Waals surface area contributed by atoms with E-state index >= 15 is 0 Å². The highest BCUT2D eigenvalue weighted by Gasteiger charge is 2.17. The van der Waals surface area contributed by atoms with Crippen LogP contribution in [0.25, 0.3) is 0 Å². The summed E-state index contributed by atoms with van der Waals surface area (Å²) in [5, 5.41) is 0. The molecule has 1 fully saturated rings. The number of rotatable bonds is 4. The highest BCUT2D eigenvalue weighted by atomic mass is 16.5. The van der Waals surface area contributed by atoms with Crippen molar-refractivity contribution in [3.8, 4) is 11.5 Å². The predicted molar refractivity (Wildman–Crippen MR) is 95.0 cm³/mol. The second kappa shape index (κ2) is 7.52. The Morgan fingerprint density at radius 1 is 1.00 bits per heavy atom. The highest BCUT2D eigenvalue weighted by Crippen LogP contribution is 2.34. The minimum Gasteiger partial charge on any atom is -0.497 e. The van der Waals surface area contributed by atoms with Crippen LogP contribution in [0.3, 0.4) is 0 Å². The first-order valence-corrected chi connectivity index (χ1v) is 8.64. The average molecular weight is 324 g/mol. The number of hydrogen-bond donors (Lipinski definition) is 0. The zero-order valence-electron chi connectivity index (χ0n) is 14.4. The Bertz CT molecular complexity index is 698. The van der Waals surface area contributed by atoms with Crippen molar-refractivity contribution in [1.29, 1.82) is 0 Å². The second-order valence-corrected chi connectivity index (χ2v) is 6.48. The van der Waals surface area contributed by atoms with Gasteiger partial charge < -0.3 is 9.47 Å². The molecule has 126 valence electrons. The molecule has 24 heavy (non-hydrogen) atoms. The van der Waals surface area contributed by atoms with Crippen LogP contribution in [-0.4, -0.2) is 13.1 Å². The summed E-state index contributed by atoms with van der Waals surface area (Å²) < 4.78 is 10.7. The van der Waals surface area contributed by atoms with Crippen molar-refractivity contribution in [2.75, 3.05) is 7.11 Å². The summed E-state index contributed by atoms with van der Waals surface area (Å²) in [4.78, 5) is 12.3. The summed E-state index contributed by atoms with van der Waals surface area (Å²) in [5.74, 6) is 1.67. The van der Waals surface area contributed by atoms with Gasteiger partial charge in [0.15, 0.2) is 0 Å². The van der Waals surface area contributed by atoms with E-state index in [1.807, 2.05) is 13.0 Å². The highest BCUT2D eigenvalue weighted by molar-refractivity contribution is 5.91. The van der Waals surface area contributed by atoms with E-state index in [1.54, 1.807) is 31.4 Å². The van der Waals surface area contributed by atoms with Gasteiger partial charge in [-0.05, 0) is 67.1 Å². The molecule has 2 aromatic rings. The fourth-order valence-corrected chi connectivity index (χ4v) is 3.36. The summed E-state index contributed by atoms with van der Waals surface area (Å²) in [5.41, 5.74) is 2.91. The fourth-order valence-electron chi connectivity index (χ4n) is 3.36. The van der Waals surface area contributed by atoms with Crippen molar-refractivity contribution in [1.82, 2.24) is 0 Å². The van der Waals surface area contributed by atoms with Crippen LogP contribution >= 0.6 is 0 Å². The minimum absolute atomic E-state index is 0.342. The van der Waals surface area contributed by atoms with Crippen LogP contribution in [0.2, 0.25) is 0 Å². The lowest BCUT2D eigenvalue weighted by Crippen LogP contribution is -2.10. The van der Waals surface area contributed by atoms with E-state index in [0.29, 0.717) is 17.2 Å². The van der Waals surface area contributed by atoms with E-state index in [4.69, 9.17) is 9.47 Å². The molecule has 0 aromatic heterocycles. The normalized spacial score (nSPS) is 15.1. The van der Waals surface area contributed by atoms with Crippen LogP contribution in [0.1, 0.15) is 59.5 Å². The second-order valence-electron chi connectivity index (χ2n) is 6.48. The van der Waals surface area contributed by atoms with E-state index in [1.165, 1.54) is 37.7 Å². The molecule has 1 aliphatic rings. The quantitative estimate of drug-likeness (QED) is 0.567. The molecule has 0 bridgehead atoms.